The highest BCUT2D eigenvalue weighted by atomic mass is 16.5. The van der Waals surface area contributed by atoms with Crippen molar-refractivity contribution in [3.63, 3.8) is 0 Å². The van der Waals surface area contributed by atoms with Crippen molar-refractivity contribution in [2.45, 2.75) is 6.54 Å². The van der Waals surface area contributed by atoms with Crippen molar-refractivity contribution in [1.82, 2.24) is 15.0 Å². The number of hydrogen-bond donors (Lipinski definition) is 3. The molecular formula is C13H13N7O2. The van der Waals surface area contributed by atoms with Crippen molar-refractivity contribution in [2.24, 2.45) is 4.99 Å². The molecule has 9 heteroatoms. The lowest BCUT2D eigenvalue weighted by Gasteiger charge is -2.11. The minimum Gasteiger partial charge on any atom is -0.453 e. The summed E-state index contributed by atoms with van der Waals surface area (Å²) >= 11 is 0. The number of fused-ring (bicyclic) bond motifs is 1. The van der Waals surface area contributed by atoms with E-state index >= 15 is 0 Å². The fourth-order valence-electron chi connectivity index (χ4n) is 2.09. The average Bonchev–Trinajstić information content (AvgIpc) is 2.94. The lowest BCUT2D eigenvalue weighted by Crippen LogP contribution is -2.18. The molecule has 0 atom stereocenters. The van der Waals surface area contributed by atoms with Gasteiger partial charge >= 0.3 is 6.09 Å². The number of carbonyl (C=O) groups excluding carboxylic acids is 1. The van der Waals surface area contributed by atoms with Gasteiger partial charge < -0.3 is 16.2 Å². The van der Waals surface area contributed by atoms with E-state index in [1.54, 1.807) is 12.3 Å². The molecule has 22 heavy (non-hydrogen) atoms. The molecule has 0 unspecified atom stereocenters. The number of hydrogen-bond acceptors (Lipinski definition) is 8. The largest absolute Gasteiger partial charge is 0.453 e. The SMILES string of the molecule is COC(=O)Nc1c(N)nc(C2=NCc3ncccc32)nc1N. The maximum absolute atomic E-state index is 11.3. The maximum Gasteiger partial charge on any atom is 0.411 e. The Bertz CT molecular complexity index is 765. The van der Waals surface area contributed by atoms with Crippen molar-refractivity contribution < 1.29 is 9.53 Å². The molecule has 2 aromatic heterocycles. The third kappa shape index (κ3) is 2.28. The second kappa shape index (κ2) is 5.28. The summed E-state index contributed by atoms with van der Waals surface area (Å²) in [5.41, 5.74) is 14.1. The molecule has 0 bridgehead atoms. The summed E-state index contributed by atoms with van der Waals surface area (Å²) in [6.45, 7) is 0.455. The predicted molar refractivity (Wildman–Crippen MR) is 80.5 cm³/mol. The van der Waals surface area contributed by atoms with Crippen LogP contribution in [0.3, 0.4) is 0 Å². The summed E-state index contributed by atoms with van der Waals surface area (Å²) in [4.78, 5) is 28.2. The second-order valence-corrected chi connectivity index (χ2v) is 4.47. The Morgan fingerprint density at radius 1 is 1.32 bits per heavy atom. The quantitative estimate of drug-likeness (QED) is 0.735. The maximum atomic E-state index is 11.3. The number of aliphatic imine (C=N–C) groups is 1. The lowest BCUT2D eigenvalue weighted by atomic mass is 10.1. The number of anilines is 3. The molecule has 3 rings (SSSR count). The molecule has 1 aliphatic heterocycles. The van der Waals surface area contributed by atoms with Gasteiger partial charge in [-0.25, -0.2) is 14.8 Å². The molecule has 0 saturated carbocycles. The zero-order chi connectivity index (χ0) is 15.7. The molecule has 112 valence electrons. The van der Waals surface area contributed by atoms with Crippen molar-refractivity contribution in [1.29, 1.82) is 0 Å². The number of amides is 1. The van der Waals surface area contributed by atoms with Gasteiger partial charge in [-0.15, -0.1) is 0 Å². The van der Waals surface area contributed by atoms with Crippen molar-refractivity contribution in [3.05, 3.63) is 35.4 Å². The van der Waals surface area contributed by atoms with Crippen LogP contribution < -0.4 is 16.8 Å². The molecule has 1 aliphatic rings. The molecule has 1 amide bonds. The number of nitrogens with zero attached hydrogens (tertiary/aromatic N) is 4. The van der Waals surface area contributed by atoms with Crippen LogP contribution in [0.1, 0.15) is 17.1 Å². The monoisotopic (exact) mass is 299 g/mol. The summed E-state index contributed by atoms with van der Waals surface area (Å²) in [5, 5.41) is 2.38. The second-order valence-electron chi connectivity index (χ2n) is 4.47. The Hall–Kier alpha value is -3.23. The van der Waals surface area contributed by atoms with Crippen LogP contribution in [-0.2, 0) is 11.3 Å². The van der Waals surface area contributed by atoms with Gasteiger partial charge in [0, 0.05) is 11.8 Å². The smallest absolute Gasteiger partial charge is 0.411 e. The zero-order valence-corrected chi connectivity index (χ0v) is 11.7. The van der Waals surface area contributed by atoms with E-state index in [2.05, 4.69) is 30.0 Å². The van der Waals surface area contributed by atoms with Crippen LogP contribution in [0.2, 0.25) is 0 Å². The number of nitrogens with two attached hydrogens (primary N) is 2. The van der Waals surface area contributed by atoms with Crippen LogP contribution in [-0.4, -0.2) is 33.9 Å². The molecule has 0 aromatic carbocycles. The molecular weight excluding hydrogens is 286 g/mol. The van der Waals surface area contributed by atoms with Gasteiger partial charge in [-0.2, -0.15) is 0 Å². The van der Waals surface area contributed by atoms with Crippen LogP contribution in [0.15, 0.2) is 23.3 Å². The number of nitrogen functional groups attached to an aromatic ring is 2. The molecule has 5 N–H and O–H groups in total. The van der Waals surface area contributed by atoms with Crippen LogP contribution in [0.5, 0.6) is 0 Å². The summed E-state index contributed by atoms with van der Waals surface area (Å²) in [6.07, 6.45) is 0.993. The zero-order valence-electron chi connectivity index (χ0n) is 11.7. The fraction of sp³-hybridized carbons (Fsp3) is 0.154. The van der Waals surface area contributed by atoms with Gasteiger partial charge in [0.05, 0.1) is 19.3 Å². The van der Waals surface area contributed by atoms with Gasteiger partial charge in [-0.1, -0.05) is 0 Å². The van der Waals surface area contributed by atoms with Gasteiger partial charge in [0.1, 0.15) is 11.4 Å². The number of ether oxygens (including phenoxy) is 1. The number of nitrogens with one attached hydrogen (secondary N) is 1. The van der Waals surface area contributed by atoms with Crippen LogP contribution in [0.4, 0.5) is 22.1 Å². The molecule has 0 radical (unpaired) electrons. The Morgan fingerprint density at radius 2 is 2.05 bits per heavy atom. The third-order valence-corrected chi connectivity index (χ3v) is 3.12. The van der Waals surface area contributed by atoms with E-state index in [0.29, 0.717) is 12.3 Å². The molecule has 0 spiro atoms. The number of carbonyl (C=O) groups is 1. The van der Waals surface area contributed by atoms with E-state index in [1.807, 2.05) is 6.07 Å². The van der Waals surface area contributed by atoms with Crippen LogP contribution in [0, 0.1) is 0 Å². The van der Waals surface area contributed by atoms with Gasteiger partial charge in [0.15, 0.2) is 17.5 Å². The number of methoxy groups -OCH3 is 1. The van der Waals surface area contributed by atoms with E-state index in [9.17, 15) is 4.79 Å². The highest BCUT2D eigenvalue weighted by Gasteiger charge is 2.22. The predicted octanol–water partition coefficient (Wildman–Crippen LogP) is 0.565. The minimum absolute atomic E-state index is 0.0351. The lowest BCUT2D eigenvalue weighted by molar-refractivity contribution is 0.187. The third-order valence-electron chi connectivity index (χ3n) is 3.12. The Balaban J connectivity index is 1.99. The van der Waals surface area contributed by atoms with E-state index in [1.165, 1.54) is 7.11 Å². The summed E-state index contributed by atoms with van der Waals surface area (Å²) < 4.78 is 4.49. The van der Waals surface area contributed by atoms with E-state index < -0.39 is 6.09 Å². The number of aromatic nitrogens is 3. The number of pyridine rings is 1. The van der Waals surface area contributed by atoms with Gasteiger partial charge in [-0.05, 0) is 12.1 Å². The van der Waals surface area contributed by atoms with Crippen molar-refractivity contribution in [2.75, 3.05) is 23.9 Å². The van der Waals surface area contributed by atoms with Gasteiger partial charge in [-0.3, -0.25) is 15.3 Å². The van der Waals surface area contributed by atoms with Gasteiger partial charge in [0.2, 0.25) is 0 Å². The molecule has 3 heterocycles. The van der Waals surface area contributed by atoms with Crippen LogP contribution >= 0.6 is 0 Å². The van der Waals surface area contributed by atoms with E-state index in [4.69, 9.17) is 11.5 Å². The summed E-state index contributed by atoms with van der Waals surface area (Å²) in [5.74, 6) is 0.359. The highest BCUT2D eigenvalue weighted by molar-refractivity contribution is 6.13. The first-order valence-electron chi connectivity index (χ1n) is 6.37. The fourth-order valence-corrected chi connectivity index (χ4v) is 2.09. The van der Waals surface area contributed by atoms with Crippen LogP contribution in [0.25, 0.3) is 0 Å². The molecule has 9 nitrogen and oxygen atoms in total. The molecule has 0 aliphatic carbocycles. The Morgan fingerprint density at radius 3 is 2.73 bits per heavy atom. The topological polar surface area (TPSA) is 141 Å². The minimum atomic E-state index is -0.706. The first-order valence-corrected chi connectivity index (χ1v) is 6.37. The molecule has 0 fully saturated rings. The van der Waals surface area contributed by atoms with E-state index in [-0.39, 0.29) is 23.1 Å². The first-order chi connectivity index (χ1) is 10.6. The van der Waals surface area contributed by atoms with Crippen molar-refractivity contribution >= 4 is 29.1 Å². The Labute approximate surface area is 125 Å². The summed E-state index contributed by atoms with van der Waals surface area (Å²) in [7, 11) is 1.23. The van der Waals surface area contributed by atoms with Crippen molar-refractivity contribution in [3.8, 4) is 0 Å². The highest BCUT2D eigenvalue weighted by Crippen LogP contribution is 2.26. The first kappa shape index (κ1) is 13.7. The number of rotatable bonds is 2. The Kier molecular flexibility index (Phi) is 3.30. The van der Waals surface area contributed by atoms with E-state index in [0.717, 1.165) is 11.3 Å². The van der Waals surface area contributed by atoms with Gasteiger partial charge in [0.25, 0.3) is 0 Å². The molecule has 0 saturated heterocycles. The summed E-state index contributed by atoms with van der Waals surface area (Å²) in [6, 6.07) is 3.68. The normalized spacial score (nSPS) is 12.5. The molecule has 2 aromatic rings. The standard InChI is InChI=1S/C13H13N7O2/c1-22-13(21)18-9-10(14)19-12(20-11(9)15)8-6-3-2-4-16-7(6)5-17-8/h2-4H,5H2,1H3,(H,18,21)(H4,14,15,19,20). The average molecular weight is 299 g/mol.